The molecule has 0 radical (unpaired) electrons. The van der Waals surface area contributed by atoms with Crippen LogP contribution in [0.25, 0.3) is 5.65 Å². The number of aromatic hydroxyl groups is 1. The number of nitrogens with zero attached hydrogens (tertiary/aromatic N) is 2. The summed E-state index contributed by atoms with van der Waals surface area (Å²) in [6.45, 7) is 1.82. The van der Waals surface area contributed by atoms with Gasteiger partial charge in [-0.25, -0.2) is 4.98 Å². The van der Waals surface area contributed by atoms with Gasteiger partial charge in [-0.3, -0.25) is 4.79 Å². The van der Waals surface area contributed by atoms with Crippen molar-refractivity contribution < 1.29 is 9.90 Å². The molecule has 1 amide bonds. The lowest BCUT2D eigenvalue weighted by Crippen LogP contribution is -2.15. The first-order chi connectivity index (χ1) is 10.5. The molecule has 0 saturated carbocycles. The molecular formula is C16H14ClN3O2. The van der Waals surface area contributed by atoms with Crippen LogP contribution in [-0.4, -0.2) is 20.4 Å². The number of amides is 1. The molecule has 0 unspecified atom stereocenters. The molecule has 112 valence electrons. The molecule has 3 rings (SSSR count). The summed E-state index contributed by atoms with van der Waals surface area (Å²) in [5, 5.41) is 12.8. The summed E-state index contributed by atoms with van der Waals surface area (Å²) in [5.74, 6) is 0.0102. The zero-order chi connectivity index (χ0) is 15.7. The zero-order valence-corrected chi connectivity index (χ0v) is 12.6. The van der Waals surface area contributed by atoms with E-state index in [0.717, 1.165) is 11.2 Å². The minimum absolute atomic E-state index is 0.164. The second-order valence-corrected chi connectivity index (χ2v) is 5.51. The molecule has 0 spiro atoms. The van der Waals surface area contributed by atoms with E-state index in [1.54, 1.807) is 41.1 Å². The van der Waals surface area contributed by atoms with Gasteiger partial charge in [0.15, 0.2) is 0 Å². The molecule has 0 atom stereocenters. The minimum Gasteiger partial charge on any atom is -0.508 e. The quantitative estimate of drug-likeness (QED) is 0.729. The van der Waals surface area contributed by atoms with E-state index in [4.69, 9.17) is 11.6 Å². The fourth-order valence-corrected chi connectivity index (χ4v) is 2.42. The number of nitrogens with one attached hydrogen (secondary N) is 1. The van der Waals surface area contributed by atoms with Gasteiger partial charge in [0.05, 0.1) is 17.1 Å². The van der Waals surface area contributed by atoms with Crippen LogP contribution in [0.5, 0.6) is 5.75 Å². The van der Waals surface area contributed by atoms with Crippen molar-refractivity contribution in [3.05, 3.63) is 59.0 Å². The molecule has 0 bridgehead atoms. The predicted octanol–water partition coefficient (Wildman–Crippen LogP) is 3.18. The lowest BCUT2D eigenvalue weighted by atomic mass is 10.2. The second-order valence-electron chi connectivity index (χ2n) is 5.07. The van der Waals surface area contributed by atoms with Crippen molar-refractivity contribution in [2.45, 2.75) is 13.3 Å². The zero-order valence-electron chi connectivity index (χ0n) is 11.9. The fourth-order valence-electron chi connectivity index (χ4n) is 2.25. The molecule has 0 aliphatic rings. The molecule has 1 aromatic carbocycles. The highest BCUT2D eigenvalue weighted by Crippen LogP contribution is 2.20. The molecule has 0 aliphatic heterocycles. The summed E-state index contributed by atoms with van der Waals surface area (Å²) in [6, 6.07) is 8.37. The van der Waals surface area contributed by atoms with E-state index in [0.29, 0.717) is 16.4 Å². The monoisotopic (exact) mass is 315 g/mol. The molecule has 22 heavy (non-hydrogen) atoms. The van der Waals surface area contributed by atoms with Crippen molar-refractivity contribution in [2.24, 2.45) is 0 Å². The molecule has 3 aromatic rings. The number of hydrogen-bond acceptors (Lipinski definition) is 3. The van der Waals surface area contributed by atoms with Crippen LogP contribution in [-0.2, 0) is 11.2 Å². The third kappa shape index (κ3) is 3.04. The van der Waals surface area contributed by atoms with Crippen LogP contribution in [0.1, 0.15) is 11.3 Å². The number of imidazole rings is 1. The predicted molar refractivity (Wildman–Crippen MR) is 85.4 cm³/mol. The number of carbonyl (C=O) groups excluding carboxylic acids is 1. The van der Waals surface area contributed by atoms with E-state index < -0.39 is 0 Å². The van der Waals surface area contributed by atoms with Gasteiger partial charge in [-0.15, -0.1) is 0 Å². The molecule has 5 nitrogen and oxygen atoms in total. The van der Waals surface area contributed by atoms with Crippen molar-refractivity contribution in [1.29, 1.82) is 0 Å². The standard InChI is InChI=1S/C16H14ClN3O2/c1-10-6-13(21)3-4-14(10)19-16(22)7-12-9-20-8-11(17)2-5-15(20)18-12/h2-6,8-9,21H,7H2,1H3,(H,19,22). The van der Waals surface area contributed by atoms with E-state index in [1.807, 2.05) is 6.92 Å². The Labute approximate surface area is 132 Å². The van der Waals surface area contributed by atoms with Crippen molar-refractivity contribution >= 4 is 28.8 Å². The number of aryl methyl sites for hydroxylation is 1. The maximum Gasteiger partial charge on any atom is 0.230 e. The highest BCUT2D eigenvalue weighted by atomic mass is 35.5. The third-order valence-corrected chi connectivity index (χ3v) is 3.51. The Kier molecular flexibility index (Phi) is 3.73. The average molecular weight is 316 g/mol. The van der Waals surface area contributed by atoms with Crippen LogP contribution < -0.4 is 5.32 Å². The van der Waals surface area contributed by atoms with Gasteiger partial charge in [0.2, 0.25) is 5.91 Å². The largest absolute Gasteiger partial charge is 0.508 e. The van der Waals surface area contributed by atoms with E-state index in [-0.39, 0.29) is 18.1 Å². The summed E-state index contributed by atoms with van der Waals surface area (Å²) in [7, 11) is 0. The Morgan fingerprint density at radius 2 is 2.14 bits per heavy atom. The van der Waals surface area contributed by atoms with E-state index >= 15 is 0 Å². The van der Waals surface area contributed by atoms with Gasteiger partial charge < -0.3 is 14.8 Å². The molecule has 0 saturated heterocycles. The summed E-state index contributed by atoms with van der Waals surface area (Å²) in [4.78, 5) is 16.5. The number of aromatic nitrogens is 2. The summed E-state index contributed by atoms with van der Waals surface area (Å²) in [6.07, 6.45) is 3.69. The Morgan fingerprint density at radius 1 is 1.32 bits per heavy atom. The fraction of sp³-hybridized carbons (Fsp3) is 0.125. The number of carbonyl (C=O) groups is 1. The average Bonchev–Trinajstić information content (AvgIpc) is 2.83. The number of benzene rings is 1. The first kappa shape index (κ1) is 14.4. The number of halogens is 1. The minimum atomic E-state index is -0.164. The van der Waals surface area contributed by atoms with Crippen LogP contribution in [0.15, 0.2) is 42.7 Å². The number of anilines is 1. The molecule has 2 aromatic heterocycles. The first-order valence-corrected chi connectivity index (χ1v) is 7.12. The smallest absolute Gasteiger partial charge is 0.230 e. The van der Waals surface area contributed by atoms with Crippen molar-refractivity contribution in [3.8, 4) is 5.75 Å². The van der Waals surface area contributed by atoms with Gasteiger partial charge in [0.1, 0.15) is 11.4 Å². The topological polar surface area (TPSA) is 66.6 Å². The van der Waals surface area contributed by atoms with Gasteiger partial charge >= 0.3 is 0 Å². The van der Waals surface area contributed by atoms with Crippen molar-refractivity contribution in [2.75, 3.05) is 5.32 Å². The maximum atomic E-state index is 12.1. The Balaban J connectivity index is 1.75. The normalized spacial score (nSPS) is 10.8. The highest BCUT2D eigenvalue weighted by molar-refractivity contribution is 6.30. The summed E-state index contributed by atoms with van der Waals surface area (Å²) in [5.41, 5.74) is 2.88. The summed E-state index contributed by atoms with van der Waals surface area (Å²) < 4.78 is 1.79. The molecular weight excluding hydrogens is 302 g/mol. The van der Waals surface area contributed by atoms with Gasteiger partial charge in [-0.2, -0.15) is 0 Å². The lowest BCUT2D eigenvalue weighted by Gasteiger charge is -2.07. The highest BCUT2D eigenvalue weighted by Gasteiger charge is 2.09. The molecule has 2 heterocycles. The van der Waals surface area contributed by atoms with Crippen LogP contribution in [0.4, 0.5) is 5.69 Å². The van der Waals surface area contributed by atoms with Gasteiger partial charge in [0.25, 0.3) is 0 Å². The van der Waals surface area contributed by atoms with E-state index in [9.17, 15) is 9.90 Å². The van der Waals surface area contributed by atoms with Gasteiger partial charge in [-0.05, 0) is 42.8 Å². The number of hydrogen-bond donors (Lipinski definition) is 2. The third-order valence-electron chi connectivity index (χ3n) is 3.29. The number of fused-ring (bicyclic) bond motifs is 1. The SMILES string of the molecule is Cc1cc(O)ccc1NC(=O)Cc1cn2cc(Cl)ccc2n1. The number of pyridine rings is 1. The van der Waals surface area contributed by atoms with E-state index in [2.05, 4.69) is 10.3 Å². The van der Waals surface area contributed by atoms with E-state index in [1.165, 1.54) is 6.07 Å². The molecule has 6 heteroatoms. The van der Waals surface area contributed by atoms with Crippen LogP contribution >= 0.6 is 11.6 Å². The number of rotatable bonds is 3. The van der Waals surface area contributed by atoms with Crippen molar-refractivity contribution in [1.82, 2.24) is 9.38 Å². The van der Waals surface area contributed by atoms with Gasteiger partial charge in [0, 0.05) is 18.1 Å². The molecule has 0 aliphatic carbocycles. The van der Waals surface area contributed by atoms with Crippen LogP contribution in [0.3, 0.4) is 0 Å². The van der Waals surface area contributed by atoms with Gasteiger partial charge in [-0.1, -0.05) is 11.6 Å². The summed E-state index contributed by atoms with van der Waals surface area (Å²) >= 11 is 5.92. The maximum absolute atomic E-state index is 12.1. The Hall–Kier alpha value is -2.53. The van der Waals surface area contributed by atoms with Crippen LogP contribution in [0.2, 0.25) is 5.02 Å². The number of phenols is 1. The molecule has 2 N–H and O–H groups in total. The Bertz CT molecular complexity index is 858. The van der Waals surface area contributed by atoms with Crippen molar-refractivity contribution in [3.63, 3.8) is 0 Å². The second kappa shape index (κ2) is 5.69. The number of phenolic OH excluding ortho intramolecular Hbond substituents is 1. The van der Waals surface area contributed by atoms with Crippen LogP contribution in [0, 0.1) is 6.92 Å². The molecule has 0 fully saturated rings. The lowest BCUT2D eigenvalue weighted by molar-refractivity contribution is -0.115. The Morgan fingerprint density at radius 3 is 2.91 bits per heavy atom. The first-order valence-electron chi connectivity index (χ1n) is 6.74.